The Bertz CT molecular complexity index is 1110. The number of thioether (sulfide) groups is 1. The smallest absolute Gasteiger partial charge is 0.368 e. The summed E-state index contributed by atoms with van der Waals surface area (Å²) in [5.74, 6) is 0.273. The molecule has 4 rings (SSSR count). The van der Waals surface area contributed by atoms with E-state index in [2.05, 4.69) is 9.97 Å². The molecule has 1 aliphatic rings. The van der Waals surface area contributed by atoms with Crippen LogP contribution in [0.3, 0.4) is 0 Å². The van der Waals surface area contributed by atoms with Crippen LogP contribution in [0, 0.1) is 13.8 Å². The minimum absolute atomic E-state index is 0.00468. The number of aryl methyl sites for hydroxylation is 2. The van der Waals surface area contributed by atoms with Crippen LogP contribution in [-0.2, 0) is 11.0 Å². The molecule has 1 amide bonds. The van der Waals surface area contributed by atoms with Crippen molar-refractivity contribution in [1.29, 1.82) is 0 Å². The molecule has 1 saturated heterocycles. The third kappa shape index (κ3) is 4.64. The average Bonchev–Trinajstić information content (AvgIpc) is 3.06. The number of piperazine rings is 1. The lowest BCUT2D eigenvalue weighted by Gasteiger charge is -2.36. The van der Waals surface area contributed by atoms with Crippen LogP contribution in [0.5, 0.6) is 0 Å². The Balaban J connectivity index is 1.36. The lowest BCUT2D eigenvalue weighted by Crippen LogP contribution is -2.49. The fourth-order valence-corrected chi connectivity index (χ4v) is 5.59. The molecule has 0 aliphatic carbocycles. The standard InChI is InChI=1S/C21H21F3N4OS2/c1-13-14(2)31-20-18(13)19(25-12-26-20)30-11-17(29)28-8-6-27(7-9-28)16-5-3-4-15(10-16)21(22,23)24/h3-5,10,12H,6-9,11H2,1-2H3. The van der Waals surface area contributed by atoms with Gasteiger partial charge in [-0.25, -0.2) is 9.97 Å². The van der Waals surface area contributed by atoms with Gasteiger partial charge in [-0.3, -0.25) is 4.79 Å². The second-order valence-corrected chi connectivity index (χ2v) is 9.51. The van der Waals surface area contributed by atoms with E-state index in [1.807, 2.05) is 18.7 Å². The molecule has 1 aliphatic heterocycles. The molecule has 0 N–H and O–H groups in total. The fraction of sp³-hybridized carbons (Fsp3) is 0.381. The van der Waals surface area contributed by atoms with E-state index in [9.17, 15) is 18.0 Å². The van der Waals surface area contributed by atoms with Crippen molar-refractivity contribution in [2.75, 3.05) is 36.8 Å². The molecule has 3 heterocycles. The maximum Gasteiger partial charge on any atom is 0.416 e. The first-order valence-electron chi connectivity index (χ1n) is 9.77. The van der Waals surface area contributed by atoms with Crippen LogP contribution >= 0.6 is 23.1 Å². The molecule has 10 heteroatoms. The van der Waals surface area contributed by atoms with Gasteiger partial charge >= 0.3 is 6.18 Å². The van der Waals surface area contributed by atoms with Crippen molar-refractivity contribution >= 4 is 44.9 Å². The summed E-state index contributed by atoms with van der Waals surface area (Å²) in [6.45, 7) is 6.04. The molecule has 2 aromatic heterocycles. The Hall–Kier alpha value is -2.33. The van der Waals surface area contributed by atoms with E-state index in [-0.39, 0.29) is 11.7 Å². The number of fused-ring (bicyclic) bond motifs is 1. The van der Waals surface area contributed by atoms with Gasteiger partial charge in [-0.15, -0.1) is 11.3 Å². The number of nitrogens with zero attached hydrogens (tertiary/aromatic N) is 4. The topological polar surface area (TPSA) is 49.3 Å². The molecule has 164 valence electrons. The number of amides is 1. The van der Waals surface area contributed by atoms with E-state index in [0.717, 1.165) is 26.9 Å². The van der Waals surface area contributed by atoms with E-state index in [1.54, 1.807) is 22.3 Å². The van der Waals surface area contributed by atoms with Crippen molar-refractivity contribution in [3.05, 3.63) is 46.6 Å². The number of halogens is 3. The third-order valence-electron chi connectivity index (χ3n) is 5.43. The minimum atomic E-state index is -4.36. The molecule has 31 heavy (non-hydrogen) atoms. The fourth-order valence-electron chi connectivity index (χ4n) is 3.57. The zero-order chi connectivity index (χ0) is 22.2. The lowest BCUT2D eigenvalue weighted by molar-refractivity contribution is -0.137. The molecule has 0 bridgehead atoms. The summed E-state index contributed by atoms with van der Waals surface area (Å²) in [5, 5.41) is 1.82. The summed E-state index contributed by atoms with van der Waals surface area (Å²) >= 11 is 3.03. The third-order valence-corrected chi connectivity index (χ3v) is 7.52. The summed E-state index contributed by atoms with van der Waals surface area (Å²) in [7, 11) is 0. The van der Waals surface area contributed by atoms with Crippen LogP contribution in [-0.4, -0.2) is 52.7 Å². The van der Waals surface area contributed by atoms with Gasteiger partial charge in [0.05, 0.1) is 11.3 Å². The highest BCUT2D eigenvalue weighted by Gasteiger charge is 2.31. The van der Waals surface area contributed by atoms with E-state index in [4.69, 9.17) is 0 Å². The number of hydrogen-bond donors (Lipinski definition) is 0. The monoisotopic (exact) mass is 466 g/mol. The van der Waals surface area contributed by atoms with Crippen molar-refractivity contribution in [1.82, 2.24) is 14.9 Å². The SMILES string of the molecule is Cc1sc2ncnc(SCC(=O)N3CCN(c4cccc(C(F)(F)F)c4)CC3)c2c1C. The maximum absolute atomic E-state index is 13.0. The number of hydrogen-bond acceptors (Lipinski definition) is 6. The zero-order valence-electron chi connectivity index (χ0n) is 17.1. The van der Waals surface area contributed by atoms with Crippen molar-refractivity contribution < 1.29 is 18.0 Å². The Labute approximate surface area is 186 Å². The molecule has 0 spiro atoms. The van der Waals surface area contributed by atoms with E-state index >= 15 is 0 Å². The second kappa shape index (κ2) is 8.66. The number of thiophene rings is 1. The zero-order valence-corrected chi connectivity index (χ0v) is 18.7. The molecular weight excluding hydrogens is 445 g/mol. The quantitative estimate of drug-likeness (QED) is 0.410. The van der Waals surface area contributed by atoms with Gasteiger partial charge in [-0.1, -0.05) is 17.8 Å². The lowest BCUT2D eigenvalue weighted by atomic mass is 10.1. The van der Waals surface area contributed by atoms with Gasteiger partial charge in [-0.2, -0.15) is 13.2 Å². The average molecular weight is 467 g/mol. The van der Waals surface area contributed by atoms with E-state index in [1.165, 1.54) is 35.1 Å². The predicted octanol–water partition coefficient (Wildman–Crippen LogP) is 4.77. The molecule has 1 fully saturated rings. The summed E-state index contributed by atoms with van der Waals surface area (Å²) in [6, 6.07) is 5.33. The van der Waals surface area contributed by atoms with Crippen LogP contribution in [0.2, 0.25) is 0 Å². The van der Waals surface area contributed by atoms with Gasteiger partial charge in [-0.05, 0) is 37.6 Å². The molecule has 3 aromatic rings. The molecule has 0 unspecified atom stereocenters. The van der Waals surface area contributed by atoms with Crippen LogP contribution in [0.4, 0.5) is 18.9 Å². The summed E-state index contributed by atoms with van der Waals surface area (Å²) in [4.78, 5) is 27.2. The second-order valence-electron chi connectivity index (χ2n) is 7.35. The van der Waals surface area contributed by atoms with Crippen LogP contribution in [0.25, 0.3) is 10.2 Å². The van der Waals surface area contributed by atoms with Crippen LogP contribution in [0.15, 0.2) is 35.6 Å². The van der Waals surface area contributed by atoms with Gasteiger partial charge in [0.25, 0.3) is 0 Å². The Morgan fingerprint density at radius 1 is 1.16 bits per heavy atom. The summed E-state index contributed by atoms with van der Waals surface area (Å²) in [6.07, 6.45) is -2.84. The highest BCUT2D eigenvalue weighted by atomic mass is 32.2. The maximum atomic E-state index is 13.0. The number of benzene rings is 1. The highest BCUT2D eigenvalue weighted by Crippen LogP contribution is 2.35. The summed E-state index contributed by atoms with van der Waals surface area (Å²) in [5.41, 5.74) is 1.02. The van der Waals surface area contributed by atoms with Crippen LogP contribution in [0.1, 0.15) is 16.0 Å². The van der Waals surface area contributed by atoms with Crippen molar-refractivity contribution in [3.63, 3.8) is 0 Å². The van der Waals surface area contributed by atoms with Gasteiger partial charge in [0, 0.05) is 42.1 Å². The summed E-state index contributed by atoms with van der Waals surface area (Å²) < 4.78 is 38.9. The first kappa shape index (κ1) is 21.9. The minimum Gasteiger partial charge on any atom is -0.368 e. The molecule has 5 nitrogen and oxygen atoms in total. The molecular formula is C21H21F3N4OS2. The van der Waals surface area contributed by atoms with Gasteiger partial charge in [0.1, 0.15) is 16.2 Å². The highest BCUT2D eigenvalue weighted by molar-refractivity contribution is 8.00. The normalized spacial score (nSPS) is 15.0. The molecule has 0 atom stereocenters. The predicted molar refractivity (Wildman–Crippen MR) is 118 cm³/mol. The van der Waals surface area contributed by atoms with E-state index < -0.39 is 11.7 Å². The largest absolute Gasteiger partial charge is 0.416 e. The number of alkyl halides is 3. The number of rotatable bonds is 4. The Morgan fingerprint density at radius 2 is 1.90 bits per heavy atom. The molecule has 1 aromatic carbocycles. The first-order valence-corrected chi connectivity index (χ1v) is 11.6. The van der Waals surface area contributed by atoms with E-state index in [0.29, 0.717) is 31.9 Å². The van der Waals surface area contributed by atoms with Crippen molar-refractivity contribution in [2.45, 2.75) is 25.0 Å². The van der Waals surface area contributed by atoms with Gasteiger partial charge in [0.15, 0.2) is 0 Å². The number of carbonyl (C=O) groups is 1. The van der Waals surface area contributed by atoms with Crippen molar-refractivity contribution in [3.8, 4) is 0 Å². The number of anilines is 1. The van der Waals surface area contributed by atoms with Crippen molar-refractivity contribution in [2.24, 2.45) is 0 Å². The first-order chi connectivity index (χ1) is 14.7. The van der Waals surface area contributed by atoms with Gasteiger partial charge < -0.3 is 9.80 Å². The number of carbonyl (C=O) groups excluding carboxylic acids is 1. The number of aromatic nitrogens is 2. The Morgan fingerprint density at radius 3 is 2.61 bits per heavy atom. The Kier molecular flexibility index (Phi) is 6.11. The molecule has 0 saturated carbocycles. The van der Waals surface area contributed by atoms with Crippen LogP contribution < -0.4 is 4.90 Å². The molecule has 0 radical (unpaired) electrons. The van der Waals surface area contributed by atoms with Gasteiger partial charge in [0.2, 0.25) is 5.91 Å².